The minimum absolute atomic E-state index is 0.0200. The Kier molecular flexibility index (Phi) is 4.13. The van der Waals surface area contributed by atoms with Crippen LogP contribution in [-0.4, -0.2) is 24.9 Å². The van der Waals surface area contributed by atoms with E-state index in [1.807, 2.05) is 0 Å². The van der Waals surface area contributed by atoms with Gasteiger partial charge in [-0.05, 0) is 17.8 Å². The third-order valence-corrected chi connectivity index (χ3v) is 4.71. The van der Waals surface area contributed by atoms with Gasteiger partial charge in [-0.3, -0.25) is 24.0 Å². The summed E-state index contributed by atoms with van der Waals surface area (Å²) in [7, 11) is 3.08. The van der Waals surface area contributed by atoms with Crippen molar-refractivity contribution < 1.29 is 10.0 Å². The van der Waals surface area contributed by atoms with Gasteiger partial charge in [-0.2, -0.15) is 5.10 Å². The quantitative estimate of drug-likeness (QED) is 0.486. The molecule has 0 amide bonds. The number of hydrogen-bond acceptors (Lipinski definition) is 7. The maximum Gasteiger partial charge on any atom is 0.269 e. The minimum atomic E-state index is -0.468. The molecule has 0 aliphatic carbocycles. The second kappa shape index (κ2) is 6.13. The van der Waals surface area contributed by atoms with Crippen molar-refractivity contribution >= 4 is 23.6 Å². The van der Waals surface area contributed by atoms with Gasteiger partial charge in [-0.15, -0.1) is 0 Å². The summed E-state index contributed by atoms with van der Waals surface area (Å²) in [5.41, 5.74) is 3.52. The fraction of sp³-hybridized carbons (Fsp3) is 0.267. The Morgan fingerprint density at radius 2 is 2.12 bits per heavy atom. The predicted molar refractivity (Wildman–Crippen MR) is 93.3 cm³/mol. The van der Waals surface area contributed by atoms with E-state index in [0.717, 1.165) is 0 Å². The molecule has 3 rings (SSSR count). The van der Waals surface area contributed by atoms with Gasteiger partial charge < -0.3 is 10.5 Å². The smallest absolute Gasteiger partial charge is 0.269 e. The zero-order valence-electron chi connectivity index (χ0n) is 13.5. The van der Waals surface area contributed by atoms with Gasteiger partial charge in [0, 0.05) is 32.6 Å². The molecule has 0 saturated heterocycles. The molecular formula is C15H15N5O4S. The molecule has 9 nitrogen and oxygen atoms in total. The number of non-ortho nitro benzene ring substituents is 1. The Morgan fingerprint density at radius 3 is 2.80 bits per heavy atom. The largest absolute Gasteiger partial charge is 0.494 e. The van der Waals surface area contributed by atoms with E-state index in [-0.39, 0.29) is 27.9 Å². The third kappa shape index (κ3) is 2.80. The summed E-state index contributed by atoms with van der Waals surface area (Å²) >= 11 is 5.09. The number of aromatic nitrogens is 2. The molecule has 10 heteroatoms. The maximum atomic E-state index is 12.5. The van der Waals surface area contributed by atoms with E-state index < -0.39 is 10.5 Å². The highest BCUT2D eigenvalue weighted by molar-refractivity contribution is 7.71. The van der Waals surface area contributed by atoms with E-state index in [1.54, 1.807) is 19.2 Å². The second-order valence-corrected chi connectivity index (χ2v) is 6.07. The average molecular weight is 361 g/mol. The SMILES string of the molecule is Cn1c(O)c(C2=NN[C@@H](c3cccc([N+](=O)[O-])c3)C2)c(=O)n(C)c1=S. The number of rotatable bonds is 3. The fourth-order valence-electron chi connectivity index (χ4n) is 2.73. The summed E-state index contributed by atoms with van der Waals surface area (Å²) in [6.45, 7) is 0. The summed E-state index contributed by atoms with van der Waals surface area (Å²) in [6, 6.07) is 5.88. The third-order valence-electron chi connectivity index (χ3n) is 4.16. The van der Waals surface area contributed by atoms with Crippen LogP contribution in [0.3, 0.4) is 0 Å². The van der Waals surface area contributed by atoms with Crippen molar-refractivity contribution in [3.8, 4) is 5.88 Å². The number of benzene rings is 1. The highest BCUT2D eigenvalue weighted by Gasteiger charge is 2.27. The maximum absolute atomic E-state index is 12.5. The van der Waals surface area contributed by atoms with Gasteiger partial charge in [0.15, 0.2) is 4.77 Å². The lowest BCUT2D eigenvalue weighted by Crippen LogP contribution is -2.28. The first-order valence-corrected chi connectivity index (χ1v) is 7.78. The number of aromatic hydroxyl groups is 1. The Bertz CT molecular complexity index is 1020. The molecule has 0 bridgehead atoms. The molecule has 0 radical (unpaired) electrons. The summed E-state index contributed by atoms with van der Waals surface area (Å²) in [6.07, 6.45) is 0.306. The Labute approximate surface area is 147 Å². The van der Waals surface area contributed by atoms with Gasteiger partial charge >= 0.3 is 0 Å². The van der Waals surface area contributed by atoms with E-state index in [2.05, 4.69) is 10.5 Å². The Hall–Kier alpha value is -3.01. The van der Waals surface area contributed by atoms with Crippen molar-refractivity contribution in [2.75, 3.05) is 0 Å². The molecule has 25 heavy (non-hydrogen) atoms. The van der Waals surface area contributed by atoms with E-state index in [4.69, 9.17) is 12.2 Å². The molecule has 1 atom stereocenters. The zero-order chi connectivity index (χ0) is 18.3. The number of hydrazone groups is 1. The monoisotopic (exact) mass is 361 g/mol. The summed E-state index contributed by atoms with van der Waals surface area (Å²) < 4.78 is 2.77. The van der Waals surface area contributed by atoms with Gasteiger partial charge in [0.1, 0.15) is 5.56 Å². The number of hydrogen-bond donors (Lipinski definition) is 2. The average Bonchev–Trinajstić information content (AvgIpc) is 3.08. The standard InChI is InChI=1S/C15H15N5O4S/c1-18-13(21)12(14(22)19(2)15(18)25)11-7-10(16-17-11)8-4-3-5-9(6-8)20(23)24/h3-6,10,16,21H,7H2,1-2H3/t10-/m1/s1. The highest BCUT2D eigenvalue weighted by Crippen LogP contribution is 2.28. The Balaban J connectivity index is 1.97. The molecule has 2 aromatic rings. The lowest BCUT2D eigenvalue weighted by molar-refractivity contribution is -0.384. The molecule has 1 aliphatic heterocycles. The van der Waals surface area contributed by atoms with Crippen LogP contribution in [0.1, 0.15) is 23.6 Å². The molecule has 0 unspecified atom stereocenters. The minimum Gasteiger partial charge on any atom is -0.494 e. The van der Waals surface area contributed by atoms with Crippen molar-refractivity contribution in [2.24, 2.45) is 19.2 Å². The molecule has 1 aromatic heterocycles. The van der Waals surface area contributed by atoms with Crippen LogP contribution in [0.2, 0.25) is 0 Å². The van der Waals surface area contributed by atoms with E-state index in [9.17, 15) is 20.0 Å². The Morgan fingerprint density at radius 1 is 1.40 bits per heavy atom. The van der Waals surface area contributed by atoms with E-state index >= 15 is 0 Å². The van der Waals surface area contributed by atoms with Gasteiger partial charge in [-0.25, -0.2) is 0 Å². The molecule has 0 saturated carbocycles. The zero-order valence-corrected chi connectivity index (χ0v) is 14.3. The summed E-state index contributed by atoms with van der Waals surface area (Å²) in [5.74, 6) is -0.256. The van der Waals surface area contributed by atoms with Crippen LogP contribution in [0.4, 0.5) is 5.69 Å². The molecule has 2 heterocycles. The van der Waals surface area contributed by atoms with Gasteiger partial charge in [0.2, 0.25) is 5.88 Å². The first-order chi connectivity index (χ1) is 11.8. The number of nitro groups is 1. The predicted octanol–water partition coefficient (Wildman–Crippen LogP) is 1.51. The molecule has 0 fully saturated rings. The van der Waals surface area contributed by atoms with E-state index in [1.165, 1.54) is 28.3 Å². The summed E-state index contributed by atoms with van der Waals surface area (Å²) in [5, 5.41) is 25.4. The van der Waals surface area contributed by atoms with Crippen molar-refractivity contribution in [2.45, 2.75) is 12.5 Å². The summed E-state index contributed by atoms with van der Waals surface area (Å²) in [4.78, 5) is 22.9. The molecule has 0 spiro atoms. The molecule has 1 aliphatic rings. The molecular weight excluding hydrogens is 346 g/mol. The van der Waals surface area contributed by atoms with Gasteiger partial charge in [-0.1, -0.05) is 12.1 Å². The van der Waals surface area contributed by atoms with E-state index in [0.29, 0.717) is 17.7 Å². The lowest BCUT2D eigenvalue weighted by Gasteiger charge is -2.12. The number of nitro benzene ring substituents is 1. The van der Waals surface area contributed by atoms with Crippen molar-refractivity contribution in [1.82, 2.24) is 14.6 Å². The fourth-order valence-corrected chi connectivity index (χ4v) is 2.90. The van der Waals surface area contributed by atoms with Crippen molar-refractivity contribution in [1.29, 1.82) is 0 Å². The van der Waals surface area contributed by atoms with Crippen molar-refractivity contribution in [3.63, 3.8) is 0 Å². The molecule has 2 N–H and O–H groups in total. The molecule has 1 aromatic carbocycles. The number of nitrogens with one attached hydrogen (secondary N) is 1. The van der Waals surface area contributed by atoms with Crippen LogP contribution in [-0.2, 0) is 14.1 Å². The van der Waals surface area contributed by atoms with Gasteiger partial charge in [0.25, 0.3) is 11.2 Å². The number of nitrogens with zero attached hydrogens (tertiary/aromatic N) is 4. The molecule has 130 valence electrons. The normalized spacial score (nSPS) is 16.4. The first-order valence-electron chi connectivity index (χ1n) is 7.37. The van der Waals surface area contributed by atoms with Crippen LogP contribution < -0.4 is 11.0 Å². The van der Waals surface area contributed by atoms with Crippen LogP contribution >= 0.6 is 12.2 Å². The first kappa shape index (κ1) is 16.8. The van der Waals surface area contributed by atoms with Crippen LogP contribution in [0, 0.1) is 14.9 Å². The lowest BCUT2D eigenvalue weighted by atomic mass is 9.99. The highest BCUT2D eigenvalue weighted by atomic mass is 32.1. The topological polar surface area (TPSA) is 115 Å². The van der Waals surface area contributed by atoms with Crippen LogP contribution in [0.5, 0.6) is 5.88 Å². The van der Waals surface area contributed by atoms with Crippen LogP contribution in [0.25, 0.3) is 0 Å². The van der Waals surface area contributed by atoms with Crippen molar-refractivity contribution in [3.05, 3.63) is 60.6 Å². The second-order valence-electron chi connectivity index (χ2n) is 5.70. The van der Waals surface area contributed by atoms with Gasteiger partial charge in [0.05, 0.1) is 16.7 Å². The van der Waals surface area contributed by atoms with Crippen LogP contribution in [0.15, 0.2) is 34.2 Å².